The fraction of sp³-hybridized carbons (Fsp3) is 0.750. The van der Waals surface area contributed by atoms with Crippen molar-refractivity contribution < 1.29 is 4.74 Å². The van der Waals surface area contributed by atoms with Crippen molar-refractivity contribution in [1.29, 1.82) is 0 Å². The SMILES string of the molecule is CCOc1nc(NN)nc(NC2CCN3CCCC23)n1. The van der Waals surface area contributed by atoms with Crippen LogP contribution in [-0.2, 0) is 0 Å². The maximum atomic E-state index is 5.38. The number of rotatable bonds is 5. The van der Waals surface area contributed by atoms with Crippen LogP contribution in [0.2, 0.25) is 0 Å². The summed E-state index contributed by atoms with van der Waals surface area (Å²) in [7, 11) is 0. The van der Waals surface area contributed by atoms with Crippen molar-refractivity contribution >= 4 is 11.9 Å². The van der Waals surface area contributed by atoms with Crippen LogP contribution < -0.4 is 21.3 Å². The minimum atomic E-state index is 0.291. The molecular weight excluding hydrogens is 258 g/mol. The monoisotopic (exact) mass is 279 g/mol. The third-order valence-corrected chi connectivity index (χ3v) is 3.94. The van der Waals surface area contributed by atoms with E-state index in [2.05, 4.69) is 30.6 Å². The highest BCUT2D eigenvalue weighted by molar-refractivity contribution is 5.36. The molecule has 2 atom stereocenters. The molecule has 0 aliphatic carbocycles. The van der Waals surface area contributed by atoms with E-state index in [0.717, 1.165) is 13.0 Å². The molecule has 0 aromatic carbocycles. The lowest BCUT2D eigenvalue weighted by Gasteiger charge is -2.21. The zero-order chi connectivity index (χ0) is 13.9. The molecule has 2 aliphatic heterocycles. The molecule has 3 rings (SSSR count). The first-order valence-corrected chi connectivity index (χ1v) is 7.16. The van der Waals surface area contributed by atoms with Gasteiger partial charge in [0.05, 0.1) is 6.61 Å². The van der Waals surface area contributed by atoms with Crippen molar-refractivity contribution in [3.63, 3.8) is 0 Å². The summed E-state index contributed by atoms with van der Waals surface area (Å²) in [5.74, 6) is 6.22. The van der Waals surface area contributed by atoms with Gasteiger partial charge in [0.25, 0.3) is 0 Å². The summed E-state index contributed by atoms with van der Waals surface area (Å²) in [6.45, 7) is 4.75. The van der Waals surface area contributed by atoms with E-state index in [1.165, 1.54) is 19.4 Å². The number of anilines is 2. The molecule has 0 spiro atoms. The Morgan fingerprint density at radius 2 is 2.10 bits per heavy atom. The fourth-order valence-electron chi connectivity index (χ4n) is 3.10. The molecule has 2 aliphatic rings. The van der Waals surface area contributed by atoms with Crippen LogP contribution in [0.5, 0.6) is 6.01 Å². The number of ether oxygens (including phenoxy) is 1. The second-order valence-electron chi connectivity index (χ2n) is 5.13. The van der Waals surface area contributed by atoms with Crippen LogP contribution in [0.15, 0.2) is 0 Å². The number of nitrogen functional groups attached to an aromatic ring is 1. The van der Waals surface area contributed by atoms with Crippen LogP contribution in [0.1, 0.15) is 26.2 Å². The van der Waals surface area contributed by atoms with Gasteiger partial charge in [-0.25, -0.2) is 5.84 Å². The number of aromatic nitrogens is 3. The van der Waals surface area contributed by atoms with Crippen molar-refractivity contribution in [2.75, 3.05) is 30.4 Å². The number of nitrogens with one attached hydrogen (secondary N) is 2. The van der Waals surface area contributed by atoms with E-state index in [0.29, 0.717) is 36.6 Å². The van der Waals surface area contributed by atoms with Crippen LogP contribution in [0.3, 0.4) is 0 Å². The molecule has 4 N–H and O–H groups in total. The average molecular weight is 279 g/mol. The van der Waals surface area contributed by atoms with Crippen LogP contribution in [-0.4, -0.2) is 51.6 Å². The van der Waals surface area contributed by atoms with Crippen molar-refractivity contribution in [2.24, 2.45) is 5.84 Å². The van der Waals surface area contributed by atoms with Gasteiger partial charge >= 0.3 is 6.01 Å². The van der Waals surface area contributed by atoms with E-state index in [1.807, 2.05) is 6.92 Å². The van der Waals surface area contributed by atoms with Gasteiger partial charge in [0, 0.05) is 18.6 Å². The smallest absolute Gasteiger partial charge is 0.323 e. The van der Waals surface area contributed by atoms with Gasteiger partial charge in [0.2, 0.25) is 11.9 Å². The molecule has 1 aromatic rings. The molecule has 8 heteroatoms. The number of hydrogen-bond donors (Lipinski definition) is 3. The van der Waals surface area contributed by atoms with Gasteiger partial charge in [-0.3, -0.25) is 10.3 Å². The molecule has 20 heavy (non-hydrogen) atoms. The van der Waals surface area contributed by atoms with E-state index < -0.39 is 0 Å². The Labute approximate surface area is 118 Å². The van der Waals surface area contributed by atoms with Gasteiger partial charge in [-0.2, -0.15) is 15.0 Å². The molecule has 8 nitrogen and oxygen atoms in total. The van der Waals surface area contributed by atoms with E-state index in [1.54, 1.807) is 0 Å². The molecule has 0 saturated carbocycles. The highest BCUT2D eigenvalue weighted by Gasteiger charge is 2.37. The normalized spacial score (nSPS) is 25.5. The predicted octanol–water partition coefficient (Wildman–Crippen LogP) is 0.205. The number of fused-ring (bicyclic) bond motifs is 1. The summed E-state index contributed by atoms with van der Waals surface area (Å²) in [4.78, 5) is 15.1. The van der Waals surface area contributed by atoms with Crippen molar-refractivity contribution in [2.45, 2.75) is 38.3 Å². The maximum absolute atomic E-state index is 5.38. The Morgan fingerprint density at radius 3 is 2.90 bits per heavy atom. The summed E-state index contributed by atoms with van der Waals surface area (Å²) in [5, 5.41) is 3.41. The second kappa shape index (κ2) is 5.76. The molecule has 3 heterocycles. The summed E-state index contributed by atoms with van der Waals surface area (Å²) in [6, 6.07) is 1.27. The van der Waals surface area contributed by atoms with E-state index in [9.17, 15) is 0 Å². The van der Waals surface area contributed by atoms with Gasteiger partial charge in [0.1, 0.15) is 0 Å². The van der Waals surface area contributed by atoms with Gasteiger partial charge in [-0.15, -0.1) is 0 Å². The molecule has 1 aromatic heterocycles. The first kappa shape index (κ1) is 13.3. The van der Waals surface area contributed by atoms with Crippen LogP contribution in [0.25, 0.3) is 0 Å². The first-order chi connectivity index (χ1) is 9.80. The minimum absolute atomic E-state index is 0.291. The average Bonchev–Trinajstić information content (AvgIpc) is 3.04. The summed E-state index contributed by atoms with van der Waals surface area (Å²) in [6.07, 6.45) is 3.63. The standard InChI is InChI=1S/C12H21N7O/c1-2-20-12-16-10(15-11(17-12)18-13)14-8-5-7-19-6-3-4-9(8)19/h8-9H,2-7,13H2,1H3,(H2,14,15,16,17,18). The first-order valence-electron chi connectivity index (χ1n) is 7.16. The summed E-state index contributed by atoms with van der Waals surface area (Å²) >= 11 is 0. The summed E-state index contributed by atoms with van der Waals surface area (Å²) < 4.78 is 5.33. The molecule has 2 saturated heterocycles. The molecule has 0 bridgehead atoms. The Balaban J connectivity index is 1.74. The Hall–Kier alpha value is -1.67. The second-order valence-corrected chi connectivity index (χ2v) is 5.13. The quantitative estimate of drug-likeness (QED) is 0.519. The number of nitrogens with zero attached hydrogens (tertiary/aromatic N) is 4. The maximum Gasteiger partial charge on any atom is 0.323 e. The lowest BCUT2D eigenvalue weighted by molar-refractivity contribution is 0.311. The lowest BCUT2D eigenvalue weighted by Crippen LogP contribution is -2.34. The zero-order valence-electron chi connectivity index (χ0n) is 11.7. The van der Waals surface area contributed by atoms with E-state index in [-0.39, 0.29) is 0 Å². The highest BCUT2D eigenvalue weighted by atomic mass is 16.5. The zero-order valence-corrected chi connectivity index (χ0v) is 11.7. The molecule has 2 fully saturated rings. The minimum Gasteiger partial charge on any atom is -0.464 e. The van der Waals surface area contributed by atoms with Gasteiger partial charge < -0.3 is 10.1 Å². The highest BCUT2D eigenvalue weighted by Crippen LogP contribution is 2.29. The Morgan fingerprint density at radius 1 is 1.25 bits per heavy atom. The van der Waals surface area contributed by atoms with Crippen molar-refractivity contribution in [1.82, 2.24) is 19.9 Å². The van der Waals surface area contributed by atoms with Gasteiger partial charge in [0.15, 0.2) is 0 Å². The number of hydrogen-bond acceptors (Lipinski definition) is 8. The Bertz CT molecular complexity index is 469. The Kier molecular flexibility index (Phi) is 3.83. The van der Waals surface area contributed by atoms with Crippen LogP contribution in [0, 0.1) is 0 Å². The molecule has 0 radical (unpaired) electrons. The largest absolute Gasteiger partial charge is 0.464 e. The van der Waals surface area contributed by atoms with Crippen LogP contribution >= 0.6 is 0 Å². The molecule has 2 unspecified atom stereocenters. The molecular formula is C12H21N7O. The third kappa shape index (κ3) is 2.61. The molecule has 0 amide bonds. The predicted molar refractivity (Wildman–Crippen MR) is 75.4 cm³/mol. The van der Waals surface area contributed by atoms with Crippen molar-refractivity contribution in [3.05, 3.63) is 0 Å². The van der Waals surface area contributed by atoms with Gasteiger partial charge in [-0.1, -0.05) is 0 Å². The topological polar surface area (TPSA) is 101 Å². The van der Waals surface area contributed by atoms with Crippen molar-refractivity contribution in [3.8, 4) is 6.01 Å². The number of hydrazine groups is 1. The third-order valence-electron chi connectivity index (χ3n) is 3.94. The van der Waals surface area contributed by atoms with E-state index >= 15 is 0 Å². The number of nitrogens with two attached hydrogens (primary N) is 1. The summed E-state index contributed by atoms with van der Waals surface area (Å²) in [5.41, 5.74) is 2.44. The lowest BCUT2D eigenvalue weighted by atomic mass is 10.1. The fourth-order valence-corrected chi connectivity index (χ4v) is 3.10. The van der Waals surface area contributed by atoms with E-state index in [4.69, 9.17) is 10.6 Å². The van der Waals surface area contributed by atoms with Crippen LogP contribution in [0.4, 0.5) is 11.9 Å². The van der Waals surface area contributed by atoms with Gasteiger partial charge in [-0.05, 0) is 32.7 Å². The molecule has 110 valence electrons.